The van der Waals surface area contributed by atoms with E-state index in [4.69, 9.17) is 9.84 Å². The Kier molecular flexibility index (Phi) is 12.3. The molecule has 2 atom stereocenters. The maximum atomic E-state index is 11.8. The van der Waals surface area contributed by atoms with Gasteiger partial charge in [0.25, 0.3) is 0 Å². The second kappa shape index (κ2) is 13.2. The number of rotatable bonds is 13. The normalized spacial score (nSPS) is 13.2. The fourth-order valence-electron chi connectivity index (χ4n) is 1.85. The lowest BCUT2D eigenvalue weighted by molar-refractivity contribution is -0.126. The minimum absolute atomic E-state index is 0.166. The Balaban J connectivity index is 3.83. The number of ether oxygens (including phenoxy) is 1. The highest BCUT2D eigenvalue weighted by Crippen LogP contribution is 2.02. The van der Waals surface area contributed by atoms with Gasteiger partial charge in [-0.2, -0.15) is 0 Å². The topological polar surface area (TPSA) is 105 Å². The van der Waals surface area contributed by atoms with Gasteiger partial charge in [-0.05, 0) is 32.6 Å². The van der Waals surface area contributed by atoms with E-state index in [9.17, 15) is 14.4 Å². The average molecular weight is 316 g/mol. The summed E-state index contributed by atoms with van der Waals surface area (Å²) in [5.41, 5.74) is 0. The predicted molar refractivity (Wildman–Crippen MR) is 82.3 cm³/mol. The number of carbonyl (C=O) groups excluding carboxylic acids is 3. The Hall–Kier alpha value is -1.47. The fraction of sp³-hybridized carbons (Fsp3) is 0.800. The molecule has 0 saturated carbocycles. The summed E-state index contributed by atoms with van der Waals surface area (Å²) >= 11 is 0. The summed E-state index contributed by atoms with van der Waals surface area (Å²) in [5, 5.41) is 13.7. The third-order valence-electron chi connectivity index (χ3n) is 3.00. The van der Waals surface area contributed by atoms with Crippen LogP contribution in [0.1, 0.15) is 46.0 Å². The molecule has 0 bridgehead atoms. The summed E-state index contributed by atoms with van der Waals surface area (Å²) in [6, 6.07) is -0.514. The fourth-order valence-corrected chi connectivity index (χ4v) is 1.85. The first kappa shape index (κ1) is 20.5. The largest absolute Gasteiger partial charge is 0.387 e. The minimum atomic E-state index is -0.523. The van der Waals surface area contributed by atoms with Crippen molar-refractivity contribution in [2.45, 2.75) is 58.1 Å². The van der Waals surface area contributed by atoms with E-state index >= 15 is 0 Å². The Bertz CT molecular complexity index is 336. The third-order valence-corrected chi connectivity index (χ3v) is 3.00. The van der Waals surface area contributed by atoms with Crippen LogP contribution >= 0.6 is 0 Å². The molecular formula is C15H28N2O5. The first-order chi connectivity index (χ1) is 10.5. The van der Waals surface area contributed by atoms with E-state index in [2.05, 4.69) is 10.6 Å². The lowest BCUT2D eigenvalue weighted by Gasteiger charge is -2.16. The van der Waals surface area contributed by atoms with E-state index in [0.717, 1.165) is 12.7 Å². The molecule has 0 rings (SSSR count). The van der Waals surface area contributed by atoms with Crippen LogP contribution < -0.4 is 10.6 Å². The molecule has 0 spiro atoms. The van der Waals surface area contributed by atoms with E-state index < -0.39 is 18.6 Å². The molecule has 0 aromatic carbocycles. The highest BCUT2D eigenvalue weighted by molar-refractivity contribution is 5.79. The van der Waals surface area contributed by atoms with Crippen molar-refractivity contribution in [3.8, 4) is 0 Å². The molecule has 0 aromatic heterocycles. The van der Waals surface area contributed by atoms with E-state index in [1.807, 2.05) is 13.8 Å². The zero-order chi connectivity index (χ0) is 16.8. The van der Waals surface area contributed by atoms with Crippen LogP contribution in [-0.4, -0.2) is 55.1 Å². The van der Waals surface area contributed by atoms with Crippen LogP contribution in [0.15, 0.2) is 0 Å². The summed E-state index contributed by atoms with van der Waals surface area (Å²) in [6.07, 6.45) is 3.59. The van der Waals surface area contributed by atoms with E-state index in [0.29, 0.717) is 32.4 Å². The van der Waals surface area contributed by atoms with E-state index in [1.54, 1.807) is 0 Å². The number of amides is 2. The zero-order valence-electron chi connectivity index (χ0n) is 13.5. The van der Waals surface area contributed by atoms with Gasteiger partial charge in [-0.15, -0.1) is 0 Å². The van der Waals surface area contributed by atoms with Crippen LogP contribution in [0.3, 0.4) is 0 Å². The van der Waals surface area contributed by atoms with Gasteiger partial charge in [0.05, 0.1) is 18.6 Å². The van der Waals surface area contributed by atoms with Gasteiger partial charge >= 0.3 is 0 Å². The monoisotopic (exact) mass is 316 g/mol. The molecule has 7 nitrogen and oxygen atoms in total. The van der Waals surface area contributed by atoms with Crippen molar-refractivity contribution in [1.82, 2.24) is 10.6 Å². The number of aliphatic hydroxyl groups is 1. The van der Waals surface area contributed by atoms with Crippen molar-refractivity contribution in [3.63, 3.8) is 0 Å². The van der Waals surface area contributed by atoms with Crippen molar-refractivity contribution in [1.29, 1.82) is 0 Å². The van der Waals surface area contributed by atoms with Gasteiger partial charge in [0.15, 0.2) is 0 Å². The van der Waals surface area contributed by atoms with Crippen LogP contribution in [-0.2, 0) is 19.1 Å². The van der Waals surface area contributed by atoms with E-state index in [-0.39, 0.29) is 18.4 Å². The molecule has 0 aliphatic rings. The van der Waals surface area contributed by atoms with Gasteiger partial charge in [0.2, 0.25) is 11.8 Å². The van der Waals surface area contributed by atoms with Crippen molar-refractivity contribution in [3.05, 3.63) is 0 Å². The maximum absolute atomic E-state index is 11.8. The predicted octanol–water partition coefficient (Wildman–Crippen LogP) is 0.154. The Morgan fingerprint density at radius 2 is 2.00 bits per heavy atom. The number of hydrogen-bond donors (Lipinski definition) is 3. The summed E-state index contributed by atoms with van der Waals surface area (Å²) in [6.45, 7) is 4.37. The Labute approximate surface area is 131 Å². The molecule has 0 fully saturated rings. The Morgan fingerprint density at radius 1 is 1.27 bits per heavy atom. The molecule has 0 aliphatic carbocycles. The maximum Gasteiger partial charge on any atom is 0.245 e. The van der Waals surface area contributed by atoms with Crippen molar-refractivity contribution >= 4 is 18.1 Å². The average Bonchev–Trinajstić information content (AvgIpc) is 2.50. The number of carbonyl (C=O) groups is 3. The van der Waals surface area contributed by atoms with Gasteiger partial charge < -0.3 is 25.3 Å². The van der Waals surface area contributed by atoms with E-state index in [1.165, 1.54) is 0 Å². The van der Waals surface area contributed by atoms with Crippen LogP contribution in [0.4, 0.5) is 0 Å². The SMILES string of the molecule is CCCOC(C)CC(=O)N[C@H](C=O)CCCCNC(=O)CO. The third kappa shape index (κ3) is 11.2. The molecule has 0 heterocycles. The summed E-state index contributed by atoms with van der Waals surface area (Å²) in [5.74, 6) is -0.615. The number of nitrogens with one attached hydrogen (secondary N) is 2. The zero-order valence-corrected chi connectivity index (χ0v) is 13.5. The molecule has 0 aromatic rings. The molecule has 0 aliphatic heterocycles. The molecule has 0 saturated heterocycles. The molecule has 128 valence electrons. The summed E-state index contributed by atoms with van der Waals surface area (Å²) < 4.78 is 5.41. The highest BCUT2D eigenvalue weighted by atomic mass is 16.5. The number of hydrogen-bond acceptors (Lipinski definition) is 5. The quantitative estimate of drug-likeness (QED) is 0.331. The highest BCUT2D eigenvalue weighted by Gasteiger charge is 2.14. The first-order valence-electron chi connectivity index (χ1n) is 7.77. The molecular weight excluding hydrogens is 288 g/mol. The molecule has 1 unspecified atom stereocenters. The minimum Gasteiger partial charge on any atom is -0.387 e. The van der Waals surface area contributed by atoms with Gasteiger partial charge in [-0.3, -0.25) is 9.59 Å². The van der Waals surface area contributed by atoms with Gasteiger partial charge in [0.1, 0.15) is 12.9 Å². The van der Waals surface area contributed by atoms with Crippen LogP contribution in [0.25, 0.3) is 0 Å². The lowest BCUT2D eigenvalue weighted by Crippen LogP contribution is -2.37. The molecule has 22 heavy (non-hydrogen) atoms. The second-order valence-electron chi connectivity index (χ2n) is 5.20. The summed E-state index contributed by atoms with van der Waals surface area (Å²) in [4.78, 5) is 33.5. The Morgan fingerprint density at radius 3 is 2.59 bits per heavy atom. The molecule has 3 N–H and O–H groups in total. The lowest BCUT2D eigenvalue weighted by atomic mass is 10.1. The standard InChI is InChI=1S/C15H28N2O5/c1-3-8-22-12(2)9-14(20)17-13(10-18)6-4-5-7-16-15(21)11-19/h10,12-13,19H,3-9,11H2,1-2H3,(H,16,21)(H,17,20)/t12?,13-/m0/s1. The first-order valence-corrected chi connectivity index (χ1v) is 7.77. The molecule has 0 radical (unpaired) electrons. The summed E-state index contributed by atoms with van der Waals surface area (Å²) in [7, 11) is 0. The van der Waals surface area contributed by atoms with Crippen LogP contribution in [0.2, 0.25) is 0 Å². The van der Waals surface area contributed by atoms with Crippen molar-refractivity contribution < 1.29 is 24.2 Å². The van der Waals surface area contributed by atoms with Gasteiger partial charge in [-0.25, -0.2) is 0 Å². The van der Waals surface area contributed by atoms with Crippen LogP contribution in [0, 0.1) is 0 Å². The smallest absolute Gasteiger partial charge is 0.245 e. The van der Waals surface area contributed by atoms with Crippen LogP contribution in [0.5, 0.6) is 0 Å². The molecule has 2 amide bonds. The number of aldehydes is 1. The van der Waals surface area contributed by atoms with Crippen molar-refractivity contribution in [2.24, 2.45) is 0 Å². The van der Waals surface area contributed by atoms with Gasteiger partial charge in [-0.1, -0.05) is 6.92 Å². The number of unbranched alkanes of at least 4 members (excludes halogenated alkanes) is 1. The molecule has 7 heteroatoms. The van der Waals surface area contributed by atoms with Gasteiger partial charge in [0, 0.05) is 13.2 Å². The number of aliphatic hydroxyl groups excluding tert-OH is 1. The van der Waals surface area contributed by atoms with Crippen molar-refractivity contribution in [2.75, 3.05) is 19.8 Å². The second-order valence-corrected chi connectivity index (χ2v) is 5.20.